The second-order valence-electron chi connectivity index (χ2n) is 4.91. The topological polar surface area (TPSA) is 89.0 Å². The van der Waals surface area contributed by atoms with E-state index in [1.165, 1.54) is 6.20 Å². The van der Waals surface area contributed by atoms with Crippen molar-refractivity contribution in [3.8, 4) is 0 Å². The summed E-state index contributed by atoms with van der Waals surface area (Å²) < 4.78 is 7.83. The zero-order chi connectivity index (χ0) is 16.1. The first kappa shape index (κ1) is 16.3. The molecule has 22 heavy (non-hydrogen) atoms. The van der Waals surface area contributed by atoms with Gasteiger partial charge >= 0.3 is 5.97 Å². The molecular formula is C14H17BrN4O3. The number of esters is 1. The molecule has 8 heteroatoms. The van der Waals surface area contributed by atoms with Gasteiger partial charge in [0.05, 0.1) is 6.54 Å². The zero-order valence-corrected chi connectivity index (χ0v) is 13.9. The van der Waals surface area contributed by atoms with Gasteiger partial charge in [-0.3, -0.25) is 9.89 Å². The summed E-state index contributed by atoms with van der Waals surface area (Å²) in [6.07, 6.45) is 3.33. The van der Waals surface area contributed by atoms with Crippen LogP contribution in [0.25, 0.3) is 0 Å². The molecule has 2 aromatic heterocycles. The summed E-state index contributed by atoms with van der Waals surface area (Å²) in [5, 5.41) is 8.88. The number of carbonyl (C=O) groups is 2. The minimum absolute atomic E-state index is 0.0968. The number of nitrogens with one attached hydrogen (secondary N) is 2. The van der Waals surface area contributed by atoms with Crippen LogP contribution in [0, 0.1) is 0 Å². The van der Waals surface area contributed by atoms with E-state index < -0.39 is 5.97 Å². The molecule has 2 heterocycles. The first-order valence-electron chi connectivity index (χ1n) is 6.81. The number of hydrogen-bond acceptors (Lipinski definition) is 4. The van der Waals surface area contributed by atoms with E-state index in [1.54, 1.807) is 12.1 Å². The molecule has 1 amide bonds. The van der Waals surface area contributed by atoms with E-state index in [4.69, 9.17) is 4.74 Å². The fraction of sp³-hybridized carbons (Fsp3) is 0.357. The van der Waals surface area contributed by atoms with Gasteiger partial charge < -0.3 is 14.6 Å². The van der Waals surface area contributed by atoms with Gasteiger partial charge in [0, 0.05) is 22.9 Å². The van der Waals surface area contributed by atoms with Crippen molar-refractivity contribution in [3.63, 3.8) is 0 Å². The van der Waals surface area contributed by atoms with E-state index in [1.807, 2.05) is 24.6 Å². The molecule has 0 aliphatic heterocycles. The number of halogens is 1. The molecule has 0 bridgehead atoms. The molecule has 0 radical (unpaired) electrons. The van der Waals surface area contributed by atoms with Crippen molar-refractivity contribution in [3.05, 3.63) is 40.4 Å². The second-order valence-corrected chi connectivity index (χ2v) is 5.82. The summed E-state index contributed by atoms with van der Waals surface area (Å²) in [7, 11) is 0. The van der Waals surface area contributed by atoms with Gasteiger partial charge in [-0.05, 0) is 41.9 Å². The van der Waals surface area contributed by atoms with Gasteiger partial charge in [0.25, 0.3) is 5.91 Å². The first-order chi connectivity index (χ1) is 10.5. The maximum Gasteiger partial charge on any atom is 0.355 e. The minimum atomic E-state index is -0.421. The average molecular weight is 369 g/mol. The van der Waals surface area contributed by atoms with Gasteiger partial charge in [-0.1, -0.05) is 0 Å². The fourth-order valence-corrected chi connectivity index (χ4v) is 2.33. The number of ether oxygens (including phenoxy) is 1. The molecule has 0 saturated carbocycles. The number of aromatic amines is 1. The monoisotopic (exact) mass is 368 g/mol. The van der Waals surface area contributed by atoms with E-state index in [-0.39, 0.29) is 25.1 Å². The highest BCUT2D eigenvalue weighted by molar-refractivity contribution is 9.10. The Morgan fingerprint density at radius 1 is 1.50 bits per heavy atom. The molecule has 0 saturated heterocycles. The van der Waals surface area contributed by atoms with E-state index in [9.17, 15) is 9.59 Å². The Balaban J connectivity index is 1.82. The van der Waals surface area contributed by atoms with Gasteiger partial charge in [-0.25, -0.2) is 4.79 Å². The number of hydrogen-bond donors (Lipinski definition) is 2. The highest BCUT2D eigenvalue weighted by Gasteiger charge is 2.16. The van der Waals surface area contributed by atoms with Crippen LogP contribution in [0.3, 0.4) is 0 Å². The van der Waals surface area contributed by atoms with E-state index in [2.05, 4.69) is 31.4 Å². The van der Waals surface area contributed by atoms with E-state index in [0.717, 1.165) is 4.47 Å². The molecule has 7 nitrogen and oxygen atoms in total. The minimum Gasteiger partial charge on any atom is -0.459 e. The Hall–Kier alpha value is -2.09. The molecule has 0 spiro atoms. The quantitative estimate of drug-likeness (QED) is 0.603. The van der Waals surface area contributed by atoms with Gasteiger partial charge in [0.2, 0.25) is 0 Å². The second kappa shape index (κ2) is 7.26. The van der Waals surface area contributed by atoms with Crippen molar-refractivity contribution in [2.75, 3.05) is 13.2 Å². The molecule has 0 unspecified atom stereocenters. The largest absolute Gasteiger partial charge is 0.459 e. The fourth-order valence-electron chi connectivity index (χ4n) is 1.90. The third-order valence-electron chi connectivity index (χ3n) is 2.95. The Morgan fingerprint density at radius 2 is 2.27 bits per heavy atom. The van der Waals surface area contributed by atoms with Crippen LogP contribution in [0.15, 0.2) is 29.0 Å². The Morgan fingerprint density at radius 3 is 2.91 bits per heavy atom. The van der Waals surface area contributed by atoms with Gasteiger partial charge in [-0.2, -0.15) is 5.10 Å². The lowest BCUT2D eigenvalue weighted by molar-refractivity contribution is 0.0489. The average Bonchev–Trinajstić information content (AvgIpc) is 3.12. The Labute approximate surface area is 136 Å². The van der Waals surface area contributed by atoms with Crippen LogP contribution < -0.4 is 5.32 Å². The third kappa shape index (κ3) is 3.97. The summed E-state index contributed by atoms with van der Waals surface area (Å²) in [6, 6.07) is 3.42. The molecule has 0 fully saturated rings. The summed E-state index contributed by atoms with van der Waals surface area (Å²) in [5.74, 6) is -0.711. The lowest BCUT2D eigenvalue weighted by Gasteiger charge is -2.12. The number of H-pyrrole nitrogens is 1. The highest BCUT2D eigenvalue weighted by Crippen LogP contribution is 2.20. The molecule has 2 aromatic rings. The summed E-state index contributed by atoms with van der Waals surface area (Å²) in [6.45, 7) is 4.29. The third-order valence-corrected chi connectivity index (χ3v) is 3.38. The molecule has 2 rings (SSSR count). The number of amides is 1. The van der Waals surface area contributed by atoms with E-state index >= 15 is 0 Å². The lowest BCUT2D eigenvalue weighted by Crippen LogP contribution is -2.28. The Kier molecular flexibility index (Phi) is 5.37. The van der Waals surface area contributed by atoms with Crippen LogP contribution >= 0.6 is 15.9 Å². The highest BCUT2D eigenvalue weighted by atomic mass is 79.9. The maximum absolute atomic E-state index is 12.1. The van der Waals surface area contributed by atoms with Crippen LogP contribution in [0.5, 0.6) is 0 Å². The summed E-state index contributed by atoms with van der Waals surface area (Å²) >= 11 is 3.35. The van der Waals surface area contributed by atoms with Crippen molar-refractivity contribution in [2.45, 2.75) is 19.9 Å². The van der Waals surface area contributed by atoms with Gasteiger partial charge in [-0.15, -0.1) is 0 Å². The van der Waals surface area contributed by atoms with Crippen LogP contribution in [-0.4, -0.2) is 39.8 Å². The molecule has 118 valence electrons. The van der Waals surface area contributed by atoms with E-state index in [0.29, 0.717) is 11.4 Å². The zero-order valence-electron chi connectivity index (χ0n) is 12.3. The Bertz CT molecular complexity index is 649. The molecular weight excluding hydrogens is 352 g/mol. The predicted octanol–water partition coefficient (Wildman–Crippen LogP) is 2.14. The standard InChI is InChI=1S/C14H17BrN4O3/c1-9(2)19-8-10(15)7-12(19)14(21)22-6-5-16-13(20)11-3-4-17-18-11/h3-4,7-9H,5-6H2,1-2H3,(H,16,20)(H,17,18). The van der Waals surface area contributed by atoms with Crippen LogP contribution in [0.2, 0.25) is 0 Å². The van der Waals surface area contributed by atoms with Crippen molar-refractivity contribution in [1.29, 1.82) is 0 Å². The first-order valence-corrected chi connectivity index (χ1v) is 7.60. The van der Waals surface area contributed by atoms with Gasteiger partial charge in [0.15, 0.2) is 0 Å². The number of carbonyl (C=O) groups excluding carboxylic acids is 2. The van der Waals surface area contributed by atoms with Crippen LogP contribution in [-0.2, 0) is 4.74 Å². The normalized spacial score (nSPS) is 10.7. The number of rotatable bonds is 6. The lowest BCUT2D eigenvalue weighted by atomic mass is 10.3. The maximum atomic E-state index is 12.1. The molecule has 0 aliphatic rings. The molecule has 0 aromatic carbocycles. The predicted molar refractivity (Wildman–Crippen MR) is 83.7 cm³/mol. The molecule has 0 atom stereocenters. The van der Waals surface area contributed by atoms with Gasteiger partial charge in [0.1, 0.15) is 18.0 Å². The molecule has 2 N–H and O–H groups in total. The number of nitrogens with zero attached hydrogens (tertiary/aromatic N) is 2. The molecule has 0 aliphatic carbocycles. The SMILES string of the molecule is CC(C)n1cc(Br)cc1C(=O)OCCNC(=O)c1ccn[nH]1. The van der Waals surface area contributed by atoms with Crippen LogP contribution in [0.4, 0.5) is 0 Å². The van der Waals surface area contributed by atoms with Crippen molar-refractivity contribution >= 4 is 27.8 Å². The van der Waals surface area contributed by atoms with Crippen molar-refractivity contribution < 1.29 is 14.3 Å². The van der Waals surface area contributed by atoms with Crippen LogP contribution in [0.1, 0.15) is 40.9 Å². The summed E-state index contributed by atoms with van der Waals surface area (Å²) in [4.78, 5) is 23.7. The number of aromatic nitrogens is 3. The smallest absolute Gasteiger partial charge is 0.355 e. The van der Waals surface area contributed by atoms with Crippen molar-refractivity contribution in [1.82, 2.24) is 20.1 Å². The summed E-state index contributed by atoms with van der Waals surface area (Å²) in [5.41, 5.74) is 0.839. The van der Waals surface area contributed by atoms with Crippen molar-refractivity contribution in [2.24, 2.45) is 0 Å².